The van der Waals surface area contributed by atoms with Gasteiger partial charge in [-0.1, -0.05) is 27.7 Å². The molecule has 0 spiro atoms. The molecule has 1 N–H and O–H groups in total. The molecule has 0 bridgehead atoms. The highest BCUT2D eigenvalue weighted by molar-refractivity contribution is 6.18. The van der Waals surface area contributed by atoms with Gasteiger partial charge < -0.3 is 5.32 Å². The van der Waals surface area contributed by atoms with Gasteiger partial charge in [0, 0.05) is 29.6 Å². The lowest BCUT2D eigenvalue weighted by Crippen LogP contribution is -2.28. The molecule has 0 amide bonds. The molecule has 4 heteroatoms. The number of rotatable bonds is 5. The van der Waals surface area contributed by atoms with Crippen molar-refractivity contribution in [3.05, 3.63) is 17.6 Å². The Bertz CT molecular complexity index is 364. The van der Waals surface area contributed by atoms with Crippen molar-refractivity contribution >= 4 is 17.4 Å². The van der Waals surface area contributed by atoms with Crippen LogP contribution in [0.2, 0.25) is 0 Å². The molecule has 1 heterocycles. The summed E-state index contributed by atoms with van der Waals surface area (Å²) in [5, 5.41) is 3.38. The molecular weight excluding hydrogens is 234 g/mol. The minimum Gasteiger partial charge on any atom is -0.366 e. The van der Waals surface area contributed by atoms with Crippen LogP contribution in [0.15, 0.2) is 6.07 Å². The molecule has 0 aromatic carbocycles. The zero-order valence-electron chi connectivity index (χ0n) is 11.3. The molecule has 0 aliphatic carbocycles. The predicted octanol–water partition coefficient (Wildman–Crippen LogP) is 3.58. The van der Waals surface area contributed by atoms with Gasteiger partial charge in [-0.3, -0.25) is 0 Å². The molecule has 1 unspecified atom stereocenters. The third-order valence-electron chi connectivity index (χ3n) is 2.69. The standard InChI is InChI=1S/C13H22ClN3/c1-8(2)11(7-14)16-12-6-10(5)15-13(17-12)9(3)4/h6,8-9,11H,7H2,1-5H3,(H,15,16,17). The van der Waals surface area contributed by atoms with Gasteiger partial charge in [-0.2, -0.15) is 0 Å². The van der Waals surface area contributed by atoms with E-state index < -0.39 is 0 Å². The zero-order valence-corrected chi connectivity index (χ0v) is 12.0. The summed E-state index contributed by atoms with van der Waals surface area (Å²) in [5.74, 6) is 3.15. The fourth-order valence-corrected chi connectivity index (χ4v) is 1.93. The molecule has 1 aromatic rings. The minimum atomic E-state index is 0.242. The van der Waals surface area contributed by atoms with Crippen molar-refractivity contribution in [2.24, 2.45) is 5.92 Å². The molecule has 17 heavy (non-hydrogen) atoms. The average Bonchev–Trinajstić information content (AvgIpc) is 2.24. The summed E-state index contributed by atoms with van der Waals surface area (Å²) in [4.78, 5) is 8.95. The summed E-state index contributed by atoms with van der Waals surface area (Å²) in [7, 11) is 0. The van der Waals surface area contributed by atoms with E-state index in [1.807, 2.05) is 13.0 Å². The molecule has 1 aromatic heterocycles. The highest BCUT2D eigenvalue weighted by atomic mass is 35.5. The topological polar surface area (TPSA) is 37.8 Å². The van der Waals surface area contributed by atoms with E-state index in [2.05, 4.69) is 43.0 Å². The van der Waals surface area contributed by atoms with Crippen LogP contribution in [0.3, 0.4) is 0 Å². The molecular formula is C13H22ClN3. The van der Waals surface area contributed by atoms with Crippen LogP contribution in [0.5, 0.6) is 0 Å². The SMILES string of the molecule is Cc1cc(NC(CCl)C(C)C)nc(C(C)C)n1. The molecule has 0 saturated heterocycles. The van der Waals surface area contributed by atoms with E-state index >= 15 is 0 Å². The van der Waals surface area contributed by atoms with Crippen molar-refractivity contribution in [3.8, 4) is 0 Å². The van der Waals surface area contributed by atoms with Crippen molar-refractivity contribution in [2.45, 2.75) is 46.6 Å². The summed E-state index contributed by atoms with van der Waals surface area (Å²) >= 11 is 5.95. The number of nitrogens with zero attached hydrogens (tertiary/aromatic N) is 2. The summed E-state index contributed by atoms with van der Waals surface area (Å²) in [6, 6.07) is 2.21. The van der Waals surface area contributed by atoms with Gasteiger partial charge in [0.15, 0.2) is 0 Å². The Morgan fingerprint density at radius 2 is 1.88 bits per heavy atom. The first-order chi connectivity index (χ1) is 7.93. The highest BCUT2D eigenvalue weighted by Gasteiger charge is 2.13. The van der Waals surface area contributed by atoms with Crippen LogP contribution < -0.4 is 5.32 Å². The largest absolute Gasteiger partial charge is 0.366 e. The van der Waals surface area contributed by atoms with Gasteiger partial charge in [-0.05, 0) is 12.8 Å². The predicted molar refractivity (Wildman–Crippen MR) is 73.8 cm³/mol. The highest BCUT2D eigenvalue weighted by Crippen LogP contribution is 2.16. The Morgan fingerprint density at radius 1 is 1.24 bits per heavy atom. The van der Waals surface area contributed by atoms with Gasteiger partial charge in [0.1, 0.15) is 11.6 Å². The van der Waals surface area contributed by atoms with Gasteiger partial charge in [-0.25, -0.2) is 9.97 Å². The van der Waals surface area contributed by atoms with Crippen LogP contribution in [0.25, 0.3) is 0 Å². The maximum atomic E-state index is 5.95. The van der Waals surface area contributed by atoms with Crippen LogP contribution in [-0.4, -0.2) is 21.9 Å². The summed E-state index contributed by atoms with van der Waals surface area (Å²) in [6.07, 6.45) is 0. The molecule has 96 valence electrons. The first kappa shape index (κ1) is 14.2. The first-order valence-electron chi connectivity index (χ1n) is 6.12. The van der Waals surface area contributed by atoms with Crippen LogP contribution in [0, 0.1) is 12.8 Å². The summed E-state index contributed by atoms with van der Waals surface area (Å²) < 4.78 is 0. The maximum absolute atomic E-state index is 5.95. The second-order valence-corrected chi connectivity index (χ2v) is 5.37. The number of hydrogen-bond acceptors (Lipinski definition) is 3. The Balaban J connectivity index is 2.90. The van der Waals surface area contributed by atoms with E-state index in [-0.39, 0.29) is 6.04 Å². The van der Waals surface area contributed by atoms with Gasteiger partial charge in [0.05, 0.1) is 0 Å². The Labute approximate surface area is 109 Å². The van der Waals surface area contributed by atoms with Crippen LogP contribution in [0.4, 0.5) is 5.82 Å². The first-order valence-corrected chi connectivity index (χ1v) is 6.65. The summed E-state index contributed by atoms with van der Waals surface area (Å²) in [5.41, 5.74) is 0.989. The average molecular weight is 256 g/mol. The number of halogens is 1. The van der Waals surface area contributed by atoms with Crippen molar-refractivity contribution in [3.63, 3.8) is 0 Å². The van der Waals surface area contributed by atoms with E-state index in [0.29, 0.717) is 17.7 Å². The Hall–Kier alpha value is -0.830. The van der Waals surface area contributed by atoms with Crippen LogP contribution in [0.1, 0.15) is 45.1 Å². The third-order valence-corrected chi connectivity index (χ3v) is 3.02. The van der Waals surface area contributed by atoms with Crippen molar-refractivity contribution in [1.29, 1.82) is 0 Å². The number of hydrogen-bond donors (Lipinski definition) is 1. The molecule has 1 atom stereocenters. The van der Waals surface area contributed by atoms with E-state index in [1.165, 1.54) is 0 Å². The maximum Gasteiger partial charge on any atom is 0.133 e. The van der Waals surface area contributed by atoms with E-state index in [9.17, 15) is 0 Å². The monoisotopic (exact) mass is 255 g/mol. The second kappa shape index (κ2) is 6.20. The quantitative estimate of drug-likeness (QED) is 0.818. The molecule has 0 aliphatic rings. The van der Waals surface area contributed by atoms with Gasteiger partial charge in [0.2, 0.25) is 0 Å². The fourth-order valence-electron chi connectivity index (χ4n) is 1.50. The lowest BCUT2D eigenvalue weighted by atomic mass is 10.1. The van der Waals surface area contributed by atoms with Gasteiger partial charge in [-0.15, -0.1) is 11.6 Å². The van der Waals surface area contributed by atoms with E-state index in [0.717, 1.165) is 17.3 Å². The summed E-state index contributed by atoms with van der Waals surface area (Å²) in [6.45, 7) is 10.5. The number of anilines is 1. The van der Waals surface area contributed by atoms with Crippen molar-refractivity contribution in [1.82, 2.24) is 9.97 Å². The normalized spacial score (nSPS) is 13.2. The van der Waals surface area contributed by atoms with Crippen molar-refractivity contribution < 1.29 is 0 Å². The fraction of sp³-hybridized carbons (Fsp3) is 0.692. The smallest absolute Gasteiger partial charge is 0.133 e. The lowest BCUT2D eigenvalue weighted by Gasteiger charge is -2.21. The van der Waals surface area contributed by atoms with Gasteiger partial charge >= 0.3 is 0 Å². The van der Waals surface area contributed by atoms with Crippen LogP contribution in [-0.2, 0) is 0 Å². The molecule has 0 radical (unpaired) electrons. The molecule has 1 rings (SSSR count). The molecule has 0 saturated carbocycles. The molecule has 0 aliphatic heterocycles. The number of aryl methyl sites for hydroxylation is 1. The van der Waals surface area contributed by atoms with Crippen LogP contribution >= 0.6 is 11.6 Å². The Morgan fingerprint density at radius 3 is 2.35 bits per heavy atom. The van der Waals surface area contributed by atoms with E-state index in [4.69, 9.17) is 11.6 Å². The van der Waals surface area contributed by atoms with Crippen molar-refractivity contribution in [2.75, 3.05) is 11.2 Å². The molecule has 3 nitrogen and oxygen atoms in total. The molecule has 0 fully saturated rings. The van der Waals surface area contributed by atoms with Gasteiger partial charge in [0.25, 0.3) is 0 Å². The second-order valence-electron chi connectivity index (χ2n) is 5.06. The zero-order chi connectivity index (χ0) is 13.0. The Kier molecular flexibility index (Phi) is 5.19. The minimum absolute atomic E-state index is 0.242. The number of alkyl halides is 1. The van der Waals surface area contributed by atoms with E-state index in [1.54, 1.807) is 0 Å². The number of aromatic nitrogens is 2. The number of nitrogens with one attached hydrogen (secondary N) is 1. The third kappa shape index (κ3) is 4.15. The lowest BCUT2D eigenvalue weighted by molar-refractivity contribution is 0.561.